The van der Waals surface area contributed by atoms with Gasteiger partial charge in [0.2, 0.25) is 0 Å². The minimum atomic E-state index is -0.672. The van der Waals surface area contributed by atoms with E-state index in [1.54, 1.807) is 47.6 Å². The normalized spacial score (nSPS) is 10.3. The summed E-state index contributed by atoms with van der Waals surface area (Å²) >= 11 is 1.60. The van der Waals surface area contributed by atoms with Gasteiger partial charge in [-0.1, -0.05) is 30.3 Å². The Morgan fingerprint density at radius 3 is 2.61 bits per heavy atom. The third kappa shape index (κ3) is 4.89. The molecule has 0 aliphatic heterocycles. The van der Waals surface area contributed by atoms with Gasteiger partial charge in [-0.15, -0.1) is 11.3 Å². The molecule has 0 bridgehead atoms. The number of ether oxygens (including phenoxy) is 1. The molecule has 3 N–H and O–H groups in total. The van der Waals surface area contributed by atoms with Gasteiger partial charge in [0.1, 0.15) is 5.75 Å². The Bertz CT molecular complexity index is 957. The molecule has 1 heterocycles. The maximum atomic E-state index is 13.3. The molecule has 0 unspecified atom stereocenters. The highest BCUT2D eigenvalue weighted by molar-refractivity contribution is 7.09. The summed E-state index contributed by atoms with van der Waals surface area (Å²) < 4.78 is 5.43. The summed E-state index contributed by atoms with van der Waals surface area (Å²) in [6.07, 6.45) is 0. The first-order chi connectivity index (χ1) is 13.6. The number of rotatable bonds is 7. The molecule has 0 spiro atoms. The smallest absolute Gasteiger partial charge is 0.316 e. The van der Waals surface area contributed by atoms with E-state index in [1.807, 2.05) is 41.8 Å². The van der Waals surface area contributed by atoms with E-state index >= 15 is 0 Å². The lowest BCUT2D eigenvalue weighted by Crippen LogP contribution is -2.30. The lowest BCUT2D eigenvalue weighted by molar-refractivity contribution is 0.0730. The predicted octanol–water partition coefficient (Wildman–Crippen LogP) is 4.09. The summed E-state index contributed by atoms with van der Waals surface area (Å²) in [6.45, 7) is 0.871. The number of anilines is 1. The van der Waals surface area contributed by atoms with Crippen molar-refractivity contribution in [2.75, 3.05) is 12.4 Å². The van der Waals surface area contributed by atoms with Gasteiger partial charge in [0.05, 0.1) is 20.2 Å². The number of nitrogens with zero attached hydrogens (tertiary/aromatic N) is 1. The largest absolute Gasteiger partial charge is 0.496 e. The van der Waals surface area contributed by atoms with Crippen molar-refractivity contribution in [3.05, 3.63) is 82.0 Å². The molecule has 0 radical (unpaired) electrons. The van der Waals surface area contributed by atoms with E-state index in [9.17, 15) is 9.59 Å². The van der Waals surface area contributed by atoms with Crippen LogP contribution in [-0.2, 0) is 13.1 Å². The maximum absolute atomic E-state index is 13.3. The van der Waals surface area contributed by atoms with Crippen LogP contribution in [0.2, 0.25) is 0 Å². The summed E-state index contributed by atoms with van der Waals surface area (Å²) in [4.78, 5) is 27.2. The molecule has 28 heavy (non-hydrogen) atoms. The van der Waals surface area contributed by atoms with Crippen molar-refractivity contribution in [3.63, 3.8) is 0 Å². The molecule has 3 amide bonds. The van der Waals surface area contributed by atoms with Gasteiger partial charge in [0.15, 0.2) is 0 Å². The van der Waals surface area contributed by atoms with Gasteiger partial charge >= 0.3 is 6.03 Å². The van der Waals surface area contributed by atoms with Gasteiger partial charge in [-0.25, -0.2) is 4.79 Å². The number of methoxy groups -OCH3 is 1. The van der Waals surface area contributed by atoms with Crippen molar-refractivity contribution in [2.24, 2.45) is 5.73 Å². The predicted molar refractivity (Wildman–Crippen MR) is 111 cm³/mol. The van der Waals surface area contributed by atoms with E-state index in [0.717, 1.165) is 16.2 Å². The summed E-state index contributed by atoms with van der Waals surface area (Å²) in [7, 11) is 1.61. The van der Waals surface area contributed by atoms with E-state index in [-0.39, 0.29) is 5.91 Å². The van der Waals surface area contributed by atoms with E-state index in [1.165, 1.54) is 0 Å². The van der Waals surface area contributed by atoms with E-state index in [4.69, 9.17) is 10.5 Å². The number of primary amides is 1. The second-order valence-corrected chi connectivity index (χ2v) is 7.15. The first-order valence-electron chi connectivity index (χ1n) is 8.67. The number of urea groups is 1. The van der Waals surface area contributed by atoms with E-state index in [2.05, 4.69) is 5.32 Å². The van der Waals surface area contributed by atoms with Crippen LogP contribution in [0.1, 0.15) is 20.8 Å². The fourth-order valence-electron chi connectivity index (χ4n) is 2.88. The lowest BCUT2D eigenvalue weighted by atomic mass is 10.1. The number of hydrogen-bond donors (Lipinski definition) is 2. The molecule has 3 rings (SSSR count). The summed E-state index contributed by atoms with van der Waals surface area (Å²) in [5.41, 5.74) is 7.04. The zero-order valence-electron chi connectivity index (χ0n) is 15.4. The Balaban J connectivity index is 1.89. The Labute approximate surface area is 167 Å². The topological polar surface area (TPSA) is 84.7 Å². The van der Waals surface area contributed by atoms with E-state index < -0.39 is 6.03 Å². The van der Waals surface area contributed by atoms with Crippen LogP contribution in [-0.4, -0.2) is 23.9 Å². The zero-order chi connectivity index (χ0) is 19.9. The second kappa shape index (κ2) is 9.05. The van der Waals surface area contributed by atoms with Crippen LogP contribution in [0, 0.1) is 0 Å². The first kappa shape index (κ1) is 19.4. The first-order valence-corrected chi connectivity index (χ1v) is 9.55. The molecule has 0 saturated heterocycles. The Hall–Kier alpha value is -3.32. The molecule has 0 saturated carbocycles. The molecule has 1 aromatic heterocycles. The Kier molecular flexibility index (Phi) is 6.29. The minimum Gasteiger partial charge on any atom is -0.496 e. The molecule has 6 nitrogen and oxygen atoms in total. The van der Waals surface area contributed by atoms with Gasteiger partial charge in [0, 0.05) is 21.7 Å². The van der Waals surface area contributed by atoms with Crippen molar-refractivity contribution < 1.29 is 14.3 Å². The minimum absolute atomic E-state index is 0.146. The number of carbonyl (C=O) groups is 2. The van der Waals surface area contributed by atoms with Crippen LogP contribution in [0.3, 0.4) is 0 Å². The van der Waals surface area contributed by atoms with Gasteiger partial charge in [-0.05, 0) is 35.7 Å². The molecular weight excluding hydrogens is 374 g/mol. The van der Waals surface area contributed by atoms with Crippen molar-refractivity contribution in [2.45, 2.75) is 13.1 Å². The van der Waals surface area contributed by atoms with Gasteiger partial charge in [-0.2, -0.15) is 0 Å². The van der Waals surface area contributed by atoms with Crippen molar-refractivity contribution in [3.8, 4) is 5.75 Å². The zero-order valence-corrected chi connectivity index (χ0v) is 16.2. The third-order valence-corrected chi connectivity index (χ3v) is 5.01. The highest BCUT2D eigenvalue weighted by Gasteiger charge is 2.19. The molecule has 0 atom stereocenters. The molecule has 3 aromatic rings. The average Bonchev–Trinajstić information content (AvgIpc) is 3.20. The number of nitrogens with two attached hydrogens (primary N) is 1. The second-order valence-electron chi connectivity index (χ2n) is 6.12. The number of nitrogens with one attached hydrogen (secondary N) is 1. The average molecular weight is 395 g/mol. The summed E-state index contributed by atoms with van der Waals surface area (Å²) in [6, 6.07) is 17.7. The van der Waals surface area contributed by atoms with Crippen LogP contribution in [0.15, 0.2) is 66.0 Å². The van der Waals surface area contributed by atoms with Gasteiger partial charge < -0.3 is 20.7 Å². The molecule has 7 heteroatoms. The Morgan fingerprint density at radius 2 is 1.89 bits per heavy atom. The monoisotopic (exact) mass is 395 g/mol. The van der Waals surface area contributed by atoms with Crippen molar-refractivity contribution >= 4 is 29.0 Å². The molecule has 0 fully saturated rings. The summed E-state index contributed by atoms with van der Waals surface area (Å²) in [5, 5.41) is 4.49. The highest BCUT2D eigenvalue weighted by Crippen LogP contribution is 2.23. The number of carbonyl (C=O) groups excluding carboxylic acids is 2. The maximum Gasteiger partial charge on any atom is 0.316 e. The number of amides is 3. The van der Waals surface area contributed by atoms with E-state index in [0.29, 0.717) is 24.3 Å². The van der Waals surface area contributed by atoms with Crippen LogP contribution >= 0.6 is 11.3 Å². The van der Waals surface area contributed by atoms with Crippen LogP contribution in [0.4, 0.5) is 10.5 Å². The molecule has 2 aromatic carbocycles. The SMILES string of the molecule is COc1ccccc1CN(Cc1cccs1)C(=O)c1cccc(NC(N)=O)c1. The van der Waals surface area contributed by atoms with Gasteiger partial charge in [0.25, 0.3) is 5.91 Å². The molecular formula is C21H21N3O3S. The van der Waals surface area contributed by atoms with Crippen molar-refractivity contribution in [1.29, 1.82) is 0 Å². The van der Waals surface area contributed by atoms with Crippen LogP contribution in [0.5, 0.6) is 5.75 Å². The van der Waals surface area contributed by atoms with Crippen LogP contribution in [0.25, 0.3) is 0 Å². The fraction of sp³-hybridized carbons (Fsp3) is 0.143. The number of benzene rings is 2. The molecule has 144 valence electrons. The highest BCUT2D eigenvalue weighted by atomic mass is 32.1. The standard InChI is InChI=1S/C21H21N3O3S/c1-27-19-10-3-2-6-16(19)13-24(14-18-9-5-11-28-18)20(25)15-7-4-8-17(12-15)23-21(22)26/h2-12H,13-14H2,1H3,(H3,22,23,26). The number of thiophene rings is 1. The van der Waals surface area contributed by atoms with Crippen LogP contribution < -0.4 is 15.8 Å². The number of para-hydroxylation sites is 1. The summed E-state index contributed by atoms with van der Waals surface area (Å²) in [5.74, 6) is 0.586. The fourth-order valence-corrected chi connectivity index (χ4v) is 3.60. The Morgan fingerprint density at radius 1 is 1.07 bits per heavy atom. The third-order valence-electron chi connectivity index (χ3n) is 4.14. The van der Waals surface area contributed by atoms with Gasteiger partial charge in [-0.3, -0.25) is 4.79 Å². The van der Waals surface area contributed by atoms with Crippen molar-refractivity contribution in [1.82, 2.24) is 4.90 Å². The quantitative estimate of drug-likeness (QED) is 0.632. The number of hydrogen-bond acceptors (Lipinski definition) is 4. The molecule has 0 aliphatic rings. The lowest BCUT2D eigenvalue weighted by Gasteiger charge is -2.23. The molecule has 0 aliphatic carbocycles.